The predicted octanol–water partition coefficient (Wildman–Crippen LogP) is 1.87. The van der Waals surface area contributed by atoms with Crippen molar-refractivity contribution in [3.05, 3.63) is 39.4 Å². The van der Waals surface area contributed by atoms with Crippen LogP contribution in [-0.4, -0.2) is 31.6 Å². The number of nitrogens with one attached hydrogen (secondary N) is 2. The van der Waals surface area contributed by atoms with E-state index < -0.39 is 0 Å². The molecule has 1 aromatic carbocycles. The van der Waals surface area contributed by atoms with Crippen molar-refractivity contribution in [1.82, 2.24) is 24.5 Å². The number of amides is 1. The molecule has 0 radical (unpaired) electrons. The first-order valence-electron chi connectivity index (χ1n) is 7.84. The molecule has 3 rings (SSSR count). The fourth-order valence-electron chi connectivity index (χ4n) is 2.59. The van der Waals surface area contributed by atoms with Gasteiger partial charge in [0.25, 0.3) is 5.56 Å². The largest absolute Gasteiger partial charge is 0.356 e. The van der Waals surface area contributed by atoms with Gasteiger partial charge < -0.3 is 5.32 Å². The van der Waals surface area contributed by atoms with Gasteiger partial charge in [-0.15, -0.1) is 5.10 Å². The average molecular weight is 345 g/mol. The molecule has 0 bridgehead atoms. The SMILES string of the molecule is CC(C)CNC(=O)CCn1c(=O)c2ccccc2n2c(=S)[nH]nc12. The fraction of sp³-hybridized carbons (Fsp3) is 0.375. The Hall–Kier alpha value is -2.48. The van der Waals surface area contributed by atoms with Crippen LogP contribution in [0.2, 0.25) is 0 Å². The highest BCUT2D eigenvalue weighted by Gasteiger charge is 2.14. The number of carbonyl (C=O) groups excluding carboxylic acids is 1. The second-order valence-electron chi connectivity index (χ2n) is 6.09. The van der Waals surface area contributed by atoms with E-state index in [2.05, 4.69) is 15.5 Å². The number of H-pyrrole nitrogens is 1. The zero-order valence-electron chi connectivity index (χ0n) is 13.6. The predicted molar refractivity (Wildman–Crippen MR) is 94.6 cm³/mol. The molecule has 0 saturated heterocycles. The lowest BCUT2D eigenvalue weighted by molar-refractivity contribution is -0.121. The molecule has 24 heavy (non-hydrogen) atoms. The summed E-state index contributed by atoms with van der Waals surface area (Å²) < 4.78 is 3.63. The van der Waals surface area contributed by atoms with Crippen molar-refractivity contribution in [2.24, 2.45) is 5.92 Å². The van der Waals surface area contributed by atoms with Crippen molar-refractivity contribution in [2.75, 3.05) is 6.54 Å². The van der Waals surface area contributed by atoms with E-state index in [0.29, 0.717) is 33.9 Å². The summed E-state index contributed by atoms with van der Waals surface area (Å²) in [6, 6.07) is 7.23. The molecule has 0 saturated carbocycles. The van der Waals surface area contributed by atoms with E-state index in [4.69, 9.17) is 12.2 Å². The summed E-state index contributed by atoms with van der Waals surface area (Å²) in [6.45, 7) is 4.93. The third-order valence-electron chi connectivity index (χ3n) is 3.79. The lowest BCUT2D eigenvalue weighted by atomic mass is 10.2. The molecule has 0 aliphatic rings. The summed E-state index contributed by atoms with van der Waals surface area (Å²) in [5.74, 6) is 0.713. The van der Waals surface area contributed by atoms with E-state index in [1.807, 2.05) is 26.0 Å². The molecule has 8 heteroatoms. The van der Waals surface area contributed by atoms with Crippen LogP contribution in [-0.2, 0) is 11.3 Å². The topological polar surface area (TPSA) is 84.2 Å². The molecule has 2 N–H and O–H groups in total. The van der Waals surface area contributed by atoms with Crippen LogP contribution in [0.15, 0.2) is 29.1 Å². The first kappa shape index (κ1) is 16.4. The van der Waals surface area contributed by atoms with Crippen LogP contribution in [0.1, 0.15) is 20.3 Å². The minimum absolute atomic E-state index is 0.0870. The Morgan fingerprint density at radius 1 is 1.38 bits per heavy atom. The van der Waals surface area contributed by atoms with Gasteiger partial charge in [0.15, 0.2) is 0 Å². The Morgan fingerprint density at radius 3 is 2.88 bits per heavy atom. The first-order chi connectivity index (χ1) is 11.5. The maximum Gasteiger partial charge on any atom is 0.262 e. The van der Waals surface area contributed by atoms with Crippen LogP contribution < -0.4 is 10.9 Å². The molecule has 7 nitrogen and oxygen atoms in total. The van der Waals surface area contributed by atoms with E-state index in [1.165, 1.54) is 4.57 Å². The van der Waals surface area contributed by atoms with E-state index in [9.17, 15) is 9.59 Å². The monoisotopic (exact) mass is 345 g/mol. The third kappa shape index (κ3) is 2.96. The maximum atomic E-state index is 12.8. The van der Waals surface area contributed by atoms with Crippen molar-refractivity contribution < 1.29 is 4.79 Å². The zero-order valence-corrected chi connectivity index (χ0v) is 14.4. The van der Waals surface area contributed by atoms with Gasteiger partial charge in [0.1, 0.15) is 0 Å². The molecule has 126 valence electrons. The normalized spacial score (nSPS) is 11.5. The molecular formula is C16H19N5O2S. The number of aromatic nitrogens is 4. The molecule has 2 heterocycles. The van der Waals surface area contributed by atoms with Crippen LogP contribution in [0.3, 0.4) is 0 Å². The summed E-state index contributed by atoms with van der Waals surface area (Å²) in [5.41, 5.74) is 0.528. The standard InChI is InChI=1S/C16H19N5O2S/c1-10(2)9-17-13(22)7-8-20-14(23)11-5-3-4-6-12(11)21-15(20)18-19-16(21)24/h3-6,10H,7-9H2,1-2H3,(H,17,22)(H,19,24). The van der Waals surface area contributed by atoms with E-state index >= 15 is 0 Å². The first-order valence-corrected chi connectivity index (χ1v) is 8.25. The Balaban J connectivity index is 2.01. The lowest BCUT2D eigenvalue weighted by Gasteiger charge is -2.11. The number of carbonyl (C=O) groups is 1. The highest BCUT2D eigenvalue weighted by molar-refractivity contribution is 7.71. The molecule has 0 aliphatic heterocycles. The van der Waals surface area contributed by atoms with E-state index in [0.717, 1.165) is 0 Å². The third-order valence-corrected chi connectivity index (χ3v) is 4.06. The number of aromatic amines is 1. The molecular weight excluding hydrogens is 326 g/mol. The molecule has 0 spiro atoms. The van der Waals surface area contributed by atoms with Gasteiger partial charge in [-0.25, -0.2) is 5.10 Å². The number of hydrogen-bond acceptors (Lipinski definition) is 4. The highest BCUT2D eigenvalue weighted by Crippen LogP contribution is 2.13. The number of hydrogen-bond donors (Lipinski definition) is 2. The Kier molecular flexibility index (Phi) is 4.48. The van der Waals surface area contributed by atoms with Crippen LogP contribution in [0.25, 0.3) is 16.7 Å². The number of fused-ring (bicyclic) bond motifs is 3. The van der Waals surface area contributed by atoms with Gasteiger partial charge in [0, 0.05) is 19.5 Å². The minimum Gasteiger partial charge on any atom is -0.356 e. The molecule has 2 aromatic heterocycles. The summed E-state index contributed by atoms with van der Waals surface area (Å²) in [4.78, 5) is 24.7. The second-order valence-corrected chi connectivity index (χ2v) is 6.47. The van der Waals surface area contributed by atoms with Gasteiger partial charge in [0.05, 0.1) is 10.9 Å². The van der Waals surface area contributed by atoms with Crippen molar-refractivity contribution in [1.29, 1.82) is 0 Å². The fourth-order valence-corrected chi connectivity index (χ4v) is 2.82. The van der Waals surface area contributed by atoms with Crippen molar-refractivity contribution in [2.45, 2.75) is 26.8 Å². The quantitative estimate of drug-likeness (QED) is 0.692. The highest BCUT2D eigenvalue weighted by atomic mass is 32.1. The zero-order chi connectivity index (χ0) is 17.3. The number of para-hydroxylation sites is 1. The molecule has 0 atom stereocenters. The summed E-state index contributed by atoms with van der Waals surface area (Å²) in [7, 11) is 0. The molecule has 0 unspecified atom stereocenters. The van der Waals surface area contributed by atoms with Gasteiger partial charge in [-0.05, 0) is 30.3 Å². The Labute approximate surface area is 143 Å². The van der Waals surface area contributed by atoms with Crippen LogP contribution >= 0.6 is 12.2 Å². The summed E-state index contributed by atoms with van der Waals surface area (Å²) >= 11 is 5.27. The summed E-state index contributed by atoms with van der Waals surface area (Å²) in [6.07, 6.45) is 0.209. The Morgan fingerprint density at radius 2 is 2.12 bits per heavy atom. The number of nitrogens with zero attached hydrogens (tertiary/aromatic N) is 3. The average Bonchev–Trinajstić information content (AvgIpc) is 2.94. The Bertz CT molecular complexity index is 1010. The van der Waals surface area contributed by atoms with Crippen molar-refractivity contribution in [3.8, 4) is 0 Å². The van der Waals surface area contributed by atoms with Gasteiger partial charge in [0.2, 0.25) is 16.5 Å². The minimum atomic E-state index is -0.177. The molecule has 3 aromatic rings. The molecule has 0 aliphatic carbocycles. The number of benzene rings is 1. The van der Waals surface area contributed by atoms with Crippen LogP contribution in [0, 0.1) is 10.7 Å². The van der Waals surface area contributed by atoms with Gasteiger partial charge in [-0.3, -0.25) is 18.6 Å². The number of aryl methyl sites for hydroxylation is 1. The molecule has 1 amide bonds. The second kappa shape index (κ2) is 6.56. The van der Waals surface area contributed by atoms with E-state index in [1.54, 1.807) is 16.5 Å². The van der Waals surface area contributed by atoms with Gasteiger partial charge >= 0.3 is 0 Å². The maximum absolute atomic E-state index is 12.8. The van der Waals surface area contributed by atoms with Gasteiger partial charge in [-0.2, -0.15) is 0 Å². The lowest BCUT2D eigenvalue weighted by Crippen LogP contribution is -2.30. The van der Waals surface area contributed by atoms with Gasteiger partial charge in [-0.1, -0.05) is 26.0 Å². The van der Waals surface area contributed by atoms with Crippen LogP contribution in [0.5, 0.6) is 0 Å². The van der Waals surface area contributed by atoms with E-state index in [-0.39, 0.29) is 24.4 Å². The summed E-state index contributed by atoms with van der Waals surface area (Å²) in [5, 5.41) is 10.3. The van der Waals surface area contributed by atoms with Crippen molar-refractivity contribution >= 4 is 34.8 Å². The number of rotatable bonds is 5. The van der Waals surface area contributed by atoms with Crippen molar-refractivity contribution in [3.63, 3.8) is 0 Å². The van der Waals surface area contributed by atoms with Crippen LogP contribution in [0.4, 0.5) is 0 Å². The molecule has 0 fully saturated rings. The smallest absolute Gasteiger partial charge is 0.262 e.